The van der Waals surface area contributed by atoms with Crippen LogP contribution in [0.3, 0.4) is 0 Å². The van der Waals surface area contributed by atoms with Crippen LogP contribution >= 0.6 is 8.24 Å². The number of fused-ring (bicyclic) bond motifs is 3. The van der Waals surface area contributed by atoms with Crippen LogP contribution in [0.15, 0.2) is 99.4 Å². The average Bonchev–Trinajstić information content (AvgIpc) is 3.18. The third-order valence-corrected chi connectivity index (χ3v) is 10.1. The first-order chi connectivity index (χ1) is 21.8. The maximum atomic E-state index is 7.12. The van der Waals surface area contributed by atoms with Crippen LogP contribution in [0.5, 0.6) is 5.75 Å². The van der Waals surface area contributed by atoms with Crippen LogP contribution in [0.25, 0.3) is 44.2 Å². The summed E-state index contributed by atoms with van der Waals surface area (Å²) in [5, 5.41) is 2.22. The number of aryl methyl sites for hydroxylation is 4. The second-order valence-electron chi connectivity index (χ2n) is 14.6. The summed E-state index contributed by atoms with van der Waals surface area (Å²) < 4.78 is 21.3. The van der Waals surface area contributed by atoms with Crippen molar-refractivity contribution in [2.24, 2.45) is 0 Å². The summed E-state index contributed by atoms with van der Waals surface area (Å²) in [6.45, 7) is 22.3. The van der Waals surface area contributed by atoms with Gasteiger partial charge >= 0.3 is 8.24 Å². The van der Waals surface area contributed by atoms with Gasteiger partial charge in [-0.2, -0.15) is 0 Å². The van der Waals surface area contributed by atoms with Gasteiger partial charge in [-0.1, -0.05) is 133 Å². The highest BCUT2D eigenvalue weighted by atomic mass is 31.1. The fourth-order valence-electron chi connectivity index (χ4n) is 6.30. The van der Waals surface area contributed by atoms with Gasteiger partial charge in [0.1, 0.15) is 11.2 Å². The van der Waals surface area contributed by atoms with E-state index < -0.39 is 8.24 Å². The molecular formula is C42H45O3P. The van der Waals surface area contributed by atoms with E-state index in [4.69, 9.17) is 12.9 Å². The summed E-state index contributed by atoms with van der Waals surface area (Å²) >= 11 is 0. The molecule has 0 bridgehead atoms. The lowest BCUT2D eigenvalue weighted by molar-refractivity contribution is 0.490. The fraction of sp³-hybridized carbons (Fsp3) is 0.286. The molecule has 0 saturated heterocycles. The SMILES string of the molecule is Cc1cc(C(C)(C)C)c2op(Oc3c(-c4ccccc4)cccc3-c3ccccc3)oc3c(C(C)(C)C)cc(C)c(C)c3c2c1C. The van der Waals surface area contributed by atoms with Crippen molar-refractivity contribution >= 4 is 30.2 Å². The van der Waals surface area contributed by atoms with E-state index in [1.54, 1.807) is 0 Å². The second-order valence-corrected chi connectivity index (χ2v) is 15.5. The predicted molar refractivity (Wildman–Crippen MR) is 196 cm³/mol. The maximum absolute atomic E-state index is 7.12. The highest BCUT2D eigenvalue weighted by Crippen LogP contribution is 2.49. The first-order valence-electron chi connectivity index (χ1n) is 16.1. The van der Waals surface area contributed by atoms with Gasteiger partial charge in [0.2, 0.25) is 0 Å². The quantitative estimate of drug-likeness (QED) is 0.195. The molecule has 3 nitrogen and oxygen atoms in total. The molecule has 1 aromatic heterocycles. The Bertz CT molecular complexity index is 1960. The van der Waals surface area contributed by atoms with Crippen molar-refractivity contribution in [3.05, 3.63) is 124 Å². The Morgan fingerprint density at radius 3 is 1.28 bits per heavy atom. The van der Waals surface area contributed by atoms with Crippen molar-refractivity contribution in [2.45, 2.75) is 80.1 Å². The van der Waals surface area contributed by atoms with Crippen molar-refractivity contribution in [2.75, 3.05) is 0 Å². The predicted octanol–water partition coefficient (Wildman–Crippen LogP) is 13.3. The zero-order chi connectivity index (χ0) is 33.0. The molecule has 5 aromatic carbocycles. The highest BCUT2D eigenvalue weighted by Gasteiger charge is 2.28. The molecule has 236 valence electrons. The van der Waals surface area contributed by atoms with E-state index in [9.17, 15) is 0 Å². The van der Waals surface area contributed by atoms with Crippen molar-refractivity contribution in [3.63, 3.8) is 0 Å². The Kier molecular flexibility index (Phi) is 8.20. The number of rotatable bonds is 4. The Hall–Kier alpha value is -4.20. The molecule has 46 heavy (non-hydrogen) atoms. The van der Waals surface area contributed by atoms with Crippen molar-refractivity contribution in [3.8, 4) is 28.0 Å². The van der Waals surface area contributed by atoms with Crippen molar-refractivity contribution in [1.82, 2.24) is 0 Å². The Morgan fingerprint density at radius 2 is 0.913 bits per heavy atom. The number of hydrogen-bond donors (Lipinski definition) is 0. The molecule has 0 unspecified atom stereocenters. The number of para-hydroxylation sites is 1. The van der Waals surface area contributed by atoms with Crippen molar-refractivity contribution in [1.29, 1.82) is 0 Å². The Labute approximate surface area is 274 Å². The summed E-state index contributed by atoms with van der Waals surface area (Å²) in [5.41, 5.74) is 12.7. The zero-order valence-electron chi connectivity index (χ0n) is 28.8. The molecule has 0 N–H and O–H groups in total. The summed E-state index contributed by atoms with van der Waals surface area (Å²) in [6.07, 6.45) is 0. The molecule has 4 heteroatoms. The average molecular weight is 629 g/mol. The summed E-state index contributed by atoms with van der Waals surface area (Å²) in [4.78, 5) is 0. The Morgan fingerprint density at radius 1 is 0.522 bits per heavy atom. The summed E-state index contributed by atoms with van der Waals surface area (Å²) in [6, 6.07) is 31.7. The minimum Gasteiger partial charge on any atom is -0.390 e. The summed E-state index contributed by atoms with van der Waals surface area (Å²) in [5.74, 6) is 0.748. The second kappa shape index (κ2) is 11.9. The standard InChI is InChI=1S/C42H45O3P/c1-26-24-34(41(5,6)7)39-36(28(26)3)37-29(4)27(2)25-35(42(8,9)10)40(37)45-46(44-39)43-38-32(30-18-13-11-14-19-30)22-17-23-33(38)31-20-15-12-16-21-31/h11-25H,1-10H3. The molecule has 0 aliphatic carbocycles. The van der Waals surface area contributed by atoms with E-state index in [-0.39, 0.29) is 10.8 Å². The van der Waals surface area contributed by atoms with Crippen LogP contribution in [-0.2, 0) is 10.8 Å². The molecule has 0 radical (unpaired) electrons. The molecule has 1 heterocycles. The Balaban J connectivity index is 1.80. The van der Waals surface area contributed by atoms with Gasteiger partial charge in [-0.3, -0.25) is 0 Å². The lowest BCUT2D eigenvalue weighted by atomic mass is 9.81. The topological polar surface area (TPSA) is 35.5 Å². The molecule has 0 fully saturated rings. The molecule has 0 atom stereocenters. The van der Waals surface area contributed by atoms with E-state index in [1.807, 2.05) is 12.1 Å². The largest absolute Gasteiger partial charge is 0.453 e. The van der Waals surface area contributed by atoms with E-state index >= 15 is 0 Å². The molecule has 0 amide bonds. The maximum Gasteiger partial charge on any atom is 0.453 e. The minimum atomic E-state index is -1.93. The zero-order valence-corrected chi connectivity index (χ0v) is 29.7. The number of hydrogen-bond acceptors (Lipinski definition) is 3. The van der Waals surface area contributed by atoms with Gasteiger partial charge in [0.15, 0.2) is 5.75 Å². The van der Waals surface area contributed by atoms with Gasteiger partial charge in [0.25, 0.3) is 0 Å². The highest BCUT2D eigenvalue weighted by molar-refractivity contribution is 7.32. The third kappa shape index (κ3) is 5.78. The van der Waals surface area contributed by atoms with E-state index in [1.165, 1.54) is 22.3 Å². The molecule has 0 spiro atoms. The van der Waals surface area contributed by atoms with E-state index in [0.29, 0.717) is 0 Å². The molecule has 0 saturated carbocycles. The smallest absolute Gasteiger partial charge is 0.390 e. The lowest BCUT2D eigenvalue weighted by Gasteiger charge is -2.23. The molecule has 0 aliphatic rings. The molecule has 6 rings (SSSR count). The van der Waals surface area contributed by atoms with Crippen LogP contribution in [0.2, 0.25) is 0 Å². The fourth-order valence-corrected chi connectivity index (χ4v) is 7.43. The van der Waals surface area contributed by atoms with Gasteiger partial charge in [0, 0.05) is 33.0 Å². The van der Waals surface area contributed by atoms with Gasteiger partial charge in [-0.05, 0) is 71.9 Å². The van der Waals surface area contributed by atoms with Crippen LogP contribution in [0.1, 0.15) is 74.9 Å². The van der Waals surface area contributed by atoms with E-state index in [2.05, 4.69) is 148 Å². The number of benzene rings is 5. The molecule has 6 aromatic rings. The monoisotopic (exact) mass is 628 g/mol. The minimum absolute atomic E-state index is 0.171. The molecular weight excluding hydrogens is 583 g/mol. The van der Waals surface area contributed by atoms with Gasteiger partial charge in [-0.25, -0.2) is 0 Å². The first kappa shape index (κ1) is 31.8. The third-order valence-electron chi connectivity index (χ3n) is 9.15. The summed E-state index contributed by atoms with van der Waals surface area (Å²) in [7, 11) is -1.93. The van der Waals surface area contributed by atoms with Crippen LogP contribution < -0.4 is 4.52 Å². The van der Waals surface area contributed by atoms with E-state index in [0.717, 1.165) is 61.1 Å². The van der Waals surface area contributed by atoms with Crippen LogP contribution in [0, 0.1) is 27.7 Å². The van der Waals surface area contributed by atoms with Gasteiger partial charge < -0.3 is 12.9 Å². The normalized spacial score (nSPS) is 12.1. The van der Waals surface area contributed by atoms with Crippen LogP contribution in [0.4, 0.5) is 0 Å². The van der Waals surface area contributed by atoms with Gasteiger partial charge in [0.05, 0.1) is 0 Å². The van der Waals surface area contributed by atoms with Crippen LogP contribution in [-0.4, -0.2) is 0 Å². The van der Waals surface area contributed by atoms with Gasteiger partial charge in [-0.15, -0.1) is 0 Å². The van der Waals surface area contributed by atoms with Crippen molar-refractivity contribution < 1.29 is 12.9 Å². The first-order valence-corrected chi connectivity index (χ1v) is 17.2. The molecule has 0 aliphatic heterocycles. The lowest BCUT2D eigenvalue weighted by Crippen LogP contribution is -2.13.